The number of amides is 3. The molecule has 0 heterocycles. The Labute approximate surface area is 196 Å². The van der Waals surface area contributed by atoms with Gasteiger partial charge in [-0.3, -0.25) is 9.59 Å². The van der Waals surface area contributed by atoms with E-state index >= 15 is 0 Å². The highest BCUT2D eigenvalue weighted by atomic mass is 19.1. The number of anilines is 1. The van der Waals surface area contributed by atoms with E-state index in [0.717, 1.165) is 23.3 Å². The van der Waals surface area contributed by atoms with Crippen molar-refractivity contribution in [2.24, 2.45) is 5.92 Å². The Hall–Kier alpha value is -4.07. The molecule has 0 aromatic heterocycles. The average molecular weight is 466 g/mol. The van der Waals surface area contributed by atoms with E-state index in [0.29, 0.717) is 5.69 Å². The van der Waals surface area contributed by atoms with Gasteiger partial charge in [-0.15, -0.1) is 0 Å². The van der Waals surface area contributed by atoms with Gasteiger partial charge in [-0.25, -0.2) is 13.6 Å². The Kier molecular flexibility index (Phi) is 8.08. The number of hydrogen-bond donors (Lipinski definition) is 2. The van der Waals surface area contributed by atoms with Gasteiger partial charge in [0.05, 0.1) is 0 Å². The SMILES string of the molecule is CNC(=O)NCC(C(=O)Cc1c(F)cccc1F)C(=O)N(C)c1ccc(-c2ccccc2)cc1. The summed E-state index contributed by atoms with van der Waals surface area (Å²) < 4.78 is 28.2. The van der Waals surface area contributed by atoms with Crippen LogP contribution in [-0.4, -0.2) is 38.4 Å². The van der Waals surface area contributed by atoms with Crippen LogP contribution in [0.5, 0.6) is 0 Å². The molecule has 3 rings (SSSR count). The third-order valence-electron chi connectivity index (χ3n) is 5.49. The molecule has 0 radical (unpaired) electrons. The number of nitrogens with zero attached hydrogens (tertiary/aromatic N) is 1. The molecule has 176 valence electrons. The van der Waals surface area contributed by atoms with Crippen LogP contribution in [0.1, 0.15) is 5.56 Å². The number of rotatable bonds is 8. The van der Waals surface area contributed by atoms with Crippen molar-refractivity contribution in [3.05, 3.63) is 90.0 Å². The first-order chi connectivity index (χ1) is 16.3. The summed E-state index contributed by atoms with van der Waals surface area (Å²) in [5, 5.41) is 4.78. The third-order valence-corrected chi connectivity index (χ3v) is 5.49. The maximum absolute atomic E-state index is 14.1. The Bertz CT molecular complexity index is 1150. The molecule has 8 heteroatoms. The van der Waals surface area contributed by atoms with Crippen LogP contribution in [0.15, 0.2) is 72.8 Å². The van der Waals surface area contributed by atoms with E-state index in [1.54, 1.807) is 12.1 Å². The van der Waals surface area contributed by atoms with Crippen molar-refractivity contribution in [3.8, 4) is 11.1 Å². The molecule has 0 aliphatic heterocycles. The predicted molar refractivity (Wildman–Crippen MR) is 126 cm³/mol. The van der Waals surface area contributed by atoms with Crippen LogP contribution in [0.2, 0.25) is 0 Å². The zero-order chi connectivity index (χ0) is 24.7. The zero-order valence-corrected chi connectivity index (χ0v) is 18.8. The molecule has 3 amide bonds. The topological polar surface area (TPSA) is 78.5 Å². The molecular weight excluding hydrogens is 440 g/mol. The van der Waals surface area contributed by atoms with Crippen LogP contribution in [0.3, 0.4) is 0 Å². The molecule has 0 aliphatic carbocycles. The fourth-order valence-electron chi connectivity index (χ4n) is 3.49. The highest BCUT2D eigenvalue weighted by Gasteiger charge is 2.31. The maximum Gasteiger partial charge on any atom is 0.314 e. The molecule has 3 aromatic rings. The van der Waals surface area contributed by atoms with Gasteiger partial charge in [0.15, 0.2) is 5.78 Å². The van der Waals surface area contributed by atoms with Gasteiger partial charge >= 0.3 is 6.03 Å². The quantitative estimate of drug-likeness (QED) is 0.495. The van der Waals surface area contributed by atoms with E-state index in [4.69, 9.17) is 0 Å². The highest BCUT2D eigenvalue weighted by molar-refractivity contribution is 6.09. The fraction of sp³-hybridized carbons (Fsp3) is 0.192. The fourth-order valence-corrected chi connectivity index (χ4v) is 3.49. The van der Waals surface area contributed by atoms with E-state index in [1.165, 1.54) is 25.1 Å². The van der Waals surface area contributed by atoms with Crippen molar-refractivity contribution < 1.29 is 23.2 Å². The number of nitrogens with one attached hydrogen (secondary N) is 2. The summed E-state index contributed by atoms with van der Waals surface area (Å²) in [5.74, 6) is -4.40. The number of benzene rings is 3. The molecule has 0 bridgehead atoms. The molecule has 0 saturated heterocycles. The monoisotopic (exact) mass is 465 g/mol. The summed E-state index contributed by atoms with van der Waals surface area (Å²) >= 11 is 0. The molecule has 6 nitrogen and oxygen atoms in total. The molecule has 0 saturated carbocycles. The number of ketones is 1. The van der Waals surface area contributed by atoms with Crippen LogP contribution >= 0.6 is 0 Å². The summed E-state index contributed by atoms with van der Waals surface area (Å²) in [5.41, 5.74) is 2.08. The third kappa shape index (κ3) is 5.83. The minimum Gasteiger partial charge on any atom is -0.341 e. The Morgan fingerprint density at radius 3 is 2.03 bits per heavy atom. The van der Waals surface area contributed by atoms with Crippen LogP contribution in [0, 0.1) is 17.6 Å². The number of carbonyl (C=O) groups excluding carboxylic acids is 3. The van der Waals surface area contributed by atoms with Crippen LogP contribution in [0.4, 0.5) is 19.3 Å². The first-order valence-corrected chi connectivity index (χ1v) is 10.7. The molecule has 0 fully saturated rings. The second kappa shape index (κ2) is 11.2. The lowest BCUT2D eigenvalue weighted by atomic mass is 9.95. The van der Waals surface area contributed by atoms with E-state index in [1.807, 2.05) is 42.5 Å². The summed E-state index contributed by atoms with van der Waals surface area (Å²) in [6.45, 7) is -0.320. The van der Waals surface area contributed by atoms with Crippen molar-refractivity contribution in [1.82, 2.24) is 10.6 Å². The second-order valence-corrected chi connectivity index (χ2v) is 7.67. The van der Waals surface area contributed by atoms with Crippen LogP contribution < -0.4 is 15.5 Å². The minimum atomic E-state index is -1.34. The van der Waals surface area contributed by atoms with E-state index < -0.39 is 47.3 Å². The van der Waals surface area contributed by atoms with Gasteiger partial charge in [0.2, 0.25) is 5.91 Å². The van der Waals surface area contributed by atoms with Gasteiger partial charge in [0.1, 0.15) is 17.6 Å². The van der Waals surface area contributed by atoms with E-state index in [-0.39, 0.29) is 6.54 Å². The van der Waals surface area contributed by atoms with E-state index in [2.05, 4.69) is 10.6 Å². The van der Waals surface area contributed by atoms with Crippen molar-refractivity contribution in [2.45, 2.75) is 6.42 Å². The largest absolute Gasteiger partial charge is 0.341 e. The number of carbonyl (C=O) groups is 3. The smallest absolute Gasteiger partial charge is 0.314 e. The van der Waals surface area contributed by atoms with Crippen LogP contribution in [0.25, 0.3) is 11.1 Å². The molecule has 3 aromatic carbocycles. The first-order valence-electron chi connectivity index (χ1n) is 10.7. The van der Waals surface area contributed by atoms with Crippen molar-refractivity contribution in [2.75, 3.05) is 25.5 Å². The molecule has 1 unspecified atom stereocenters. The van der Waals surface area contributed by atoms with Gasteiger partial charge in [0, 0.05) is 38.3 Å². The lowest BCUT2D eigenvalue weighted by Crippen LogP contribution is -2.46. The van der Waals surface area contributed by atoms with Crippen LogP contribution in [-0.2, 0) is 16.0 Å². The van der Waals surface area contributed by atoms with Gasteiger partial charge in [-0.2, -0.15) is 0 Å². The first kappa shape index (κ1) is 24.6. The Balaban J connectivity index is 1.82. The normalized spacial score (nSPS) is 11.4. The molecular formula is C26H25F2N3O3. The van der Waals surface area contributed by atoms with Gasteiger partial charge in [0.25, 0.3) is 0 Å². The summed E-state index contributed by atoms with van der Waals surface area (Å²) in [6.07, 6.45) is -0.620. The maximum atomic E-state index is 14.1. The number of halogens is 2. The molecule has 0 spiro atoms. The van der Waals surface area contributed by atoms with Crippen molar-refractivity contribution >= 4 is 23.4 Å². The van der Waals surface area contributed by atoms with Gasteiger partial charge in [-0.1, -0.05) is 48.5 Å². The average Bonchev–Trinajstić information content (AvgIpc) is 2.86. The highest BCUT2D eigenvalue weighted by Crippen LogP contribution is 2.24. The molecule has 1 atom stereocenters. The van der Waals surface area contributed by atoms with Crippen molar-refractivity contribution in [1.29, 1.82) is 0 Å². The van der Waals surface area contributed by atoms with Crippen molar-refractivity contribution in [3.63, 3.8) is 0 Å². The van der Waals surface area contributed by atoms with E-state index in [9.17, 15) is 23.2 Å². The second-order valence-electron chi connectivity index (χ2n) is 7.67. The lowest BCUT2D eigenvalue weighted by Gasteiger charge is -2.24. The summed E-state index contributed by atoms with van der Waals surface area (Å²) in [7, 11) is 2.90. The van der Waals surface area contributed by atoms with Gasteiger partial charge in [-0.05, 0) is 35.4 Å². The Morgan fingerprint density at radius 1 is 0.853 bits per heavy atom. The summed E-state index contributed by atoms with van der Waals surface area (Å²) in [4.78, 5) is 39.2. The summed E-state index contributed by atoms with van der Waals surface area (Å²) in [6, 6.07) is 19.6. The van der Waals surface area contributed by atoms with Gasteiger partial charge < -0.3 is 15.5 Å². The molecule has 2 N–H and O–H groups in total. The predicted octanol–water partition coefficient (Wildman–Crippen LogP) is 3.95. The standard InChI is InChI=1S/C26H25F2N3O3/c1-29-26(34)30-16-21(24(32)15-20-22(27)9-6-10-23(20)28)25(33)31(2)19-13-11-18(12-14-19)17-7-4-3-5-8-17/h3-14,21H,15-16H2,1-2H3,(H2,29,30,34). The Morgan fingerprint density at radius 2 is 1.44 bits per heavy atom. The molecule has 0 aliphatic rings. The minimum absolute atomic E-state index is 0.320. The number of Topliss-reactive ketones (excluding diaryl/α,β-unsaturated/α-hetero) is 1. The number of hydrogen-bond acceptors (Lipinski definition) is 3. The lowest BCUT2D eigenvalue weighted by molar-refractivity contribution is -0.131. The number of urea groups is 1. The zero-order valence-electron chi connectivity index (χ0n) is 18.8. The molecule has 34 heavy (non-hydrogen) atoms.